The molecule has 2 heterocycles. The predicted octanol–water partition coefficient (Wildman–Crippen LogP) is 5.59. The van der Waals surface area contributed by atoms with Crippen LogP contribution in [-0.2, 0) is 0 Å². The Morgan fingerprint density at radius 3 is 2.44 bits per heavy atom. The molecule has 1 fully saturated rings. The van der Waals surface area contributed by atoms with Crippen LogP contribution in [0.2, 0.25) is 0 Å². The van der Waals surface area contributed by atoms with E-state index in [9.17, 15) is 4.79 Å². The van der Waals surface area contributed by atoms with Crippen LogP contribution in [0, 0.1) is 0 Å². The maximum Gasteiger partial charge on any atom is 0.327 e. The Labute approximate surface area is 157 Å². The summed E-state index contributed by atoms with van der Waals surface area (Å²) < 4.78 is 6.16. The summed E-state index contributed by atoms with van der Waals surface area (Å²) in [5.74, 6) is 0.594. The zero-order valence-electron chi connectivity index (χ0n) is 15.3. The molecule has 0 bridgehead atoms. The van der Waals surface area contributed by atoms with E-state index in [0.717, 1.165) is 27.3 Å². The van der Waals surface area contributed by atoms with E-state index in [4.69, 9.17) is 4.42 Å². The third-order valence-electron chi connectivity index (χ3n) is 5.65. The van der Waals surface area contributed by atoms with Crippen molar-refractivity contribution >= 4 is 33.7 Å². The van der Waals surface area contributed by atoms with E-state index in [1.54, 1.807) is 9.80 Å². The maximum absolute atomic E-state index is 13.0. The minimum atomic E-state index is -0.0875. The average molecular weight is 356 g/mol. The van der Waals surface area contributed by atoms with Crippen LogP contribution in [-0.4, -0.2) is 24.0 Å². The molecule has 4 aromatic rings. The van der Waals surface area contributed by atoms with Gasteiger partial charge in [-0.1, -0.05) is 60.7 Å². The number of rotatable bonds is 2. The Morgan fingerprint density at radius 2 is 1.63 bits per heavy atom. The molecule has 0 N–H and O–H groups in total. The lowest BCUT2D eigenvalue weighted by Crippen LogP contribution is -2.30. The summed E-state index contributed by atoms with van der Waals surface area (Å²) in [6.07, 6.45) is 0. The Morgan fingerprint density at radius 1 is 0.889 bits per heavy atom. The van der Waals surface area contributed by atoms with Crippen molar-refractivity contribution in [2.45, 2.75) is 19.0 Å². The first-order valence-electron chi connectivity index (χ1n) is 9.17. The Bertz CT molecular complexity index is 1150. The molecule has 134 valence electrons. The van der Waals surface area contributed by atoms with E-state index in [0.29, 0.717) is 5.88 Å². The first-order chi connectivity index (χ1) is 13.1. The van der Waals surface area contributed by atoms with Crippen molar-refractivity contribution in [3.63, 3.8) is 0 Å². The van der Waals surface area contributed by atoms with E-state index in [-0.39, 0.29) is 18.1 Å². The summed E-state index contributed by atoms with van der Waals surface area (Å²) in [6.45, 7) is 2.08. The van der Waals surface area contributed by atoms with E-state index >= 15 is 0 Å². The molecule has 2 amide bonds. The second-order valence-electron chi connectivity index (χ2n) is 7.14. The number of anilines is 1. The fourth-order valence-electron chi connectivity index (χ4n) is 4.10. The molecule has 1 aliphatic heterocycles. The van der Waals surface area contributed by atoms with Gasteiger partial charge in [0.05, 0.1) is 12.1 Å². The molecule has 1 aliphatic rings. The van der Waals surface area contributed by atoms with Crippen LogP contribution >= 0.6 is 0 Å². The smallest absolute Gasteiger partial charge is 0.327 e. The van der Waals surface area contributed by atoms with Gasteiger partial charge < -0.3 is 9.32 Å². The molecule has 3 aromatic carbocycles. The summed E-state index contributed by atoms with van der Waals surface area (Å²) in [5.41, 5.74) is 1.90. The summed E-state index contributed by atoms with van der Waals surface area (Å²) in [5, 5.41) is 3.33. The third kappa shape index (κ3) is 2.33. The second kappa shape index (κ2) is 5.88. The summed E-state index contributed by atoms with van der Waals surface area (Å²) in [6, 6.07) is 24.3. The zero-order chi connectivity index (χ0) is 18.5. The highest BCUT2D eigenvalue weighted by Gasteiger charge is 2.44. The number of likely N-dealkylation sites (N-methyl/N-ethyl adjacent to an activating group) is 1. The van der Waals surface area contributed by atoms with Crippen LogP contribution in [0.1, 0.15) is 18.5 Å². The number of carbonyl (C=O) groups excluding carboxylic acids is 1. The number of fused-ring (bicyclic) bond motifs is 3. The molecule has 5 rings (SSSR count). The van der Waals surface area contributed by atoms with Gasteiger partial charge in [-0.3, -0.25) is 4.90 Å². The molecule has 1 saturated heterocycles. The highest BCUT2D eigenvalue weighted by atomic mass is 16.4. The van der Waals surface area contributed by atoms with Crippen molar-refractivity contribution in [2.24, 2.45) is 0 Å². The number of nitrogens with zero attached hydrogens (tertiary/aromatic N) is 2. The Kier molecular flexibility index (Phi) is 3.47. The molecule has 4 heteroatoms. The lowest BCUT2D eigenvalue weighted by Gasteiger charge is -2.23. The van der Waals surface area contributed by atoms with Crippen molar-refractivity contribution in [3.8, 4) is 0 Å². The van der Waals surface area contributed by atoms with Crippen molar-refractivity contribution in [3.05, 3.63) is 78.4 Å². The topological polar surface area (TPSA) is 36.7 Å². The number of urea groups is 1. The largest absolute Gasteiger partial charge is 0.440 e. The van der Waals surface area contributed by atoms with Crippen LogP contribution in [0.5, 0.6) is 0 Å². The monoisotopic (exact) mass is 356 g/mol. The standard InChI is InChI=1S/C23H20N2O2/c1-15-22(17-9-4-3-5-10-17)25(23(26)24(15)2)21-14-19-18-11-7-6-8-16(18)12-13-20(19)27-21/h3-15,22H,1-2H3/t15-,22-/m0/s1. The molecule has 0 spiro atoms. The van der Waals surface area contributed by atoms with Gasteiger partial charge >= 0.3 is 6.03 Å². The van der Waals surface area contributed by atoms with E-state index in [2.05, 4.69) is 37.3 Å². The van der Waals surface area contributed by atoms with Crippen LogP contribution < -0.4 is 4.90 Å². The van der Waals surface area contributed by atoms with Gasteiger partial charge in [0.25, 0.3) is 0 Å². The number of amides is 2. The molecule has 0 unspecified atom stereocenters. The number of benzene rings is 3. The molecule has 4 nitrogen and oxygen atoms in total. The van der Waals surface area contributed by atoms with Crippen LogP contribution in [0.4, 0.5) is 10.7 Å². The van der Waals surface area contributed by atoms with Gasteiger partial charge in [0.15, 0.2) is 0 Å². The van der Waals surface area contributed by atoms with Gasteiger partial charge in [-0.05, 0) is 29.3 Å². The fraction of sp³-hybridized carbons (Fsp3) is 0.174. The van der Waals surface area contributed by atoms with Gasteiger partial charge in [-0.15, -0.1) is 0 Å². The van der Waals surface area contributed by atoms with Crippen LogP contribution in [0.15, 0.2) is 77.2 Å². The van der Waals surface area contributed by atoms with Crippen molar-refractivity contribution in [1.29, 1.82) is 0 Å². The van der Waals surface area contributed by atoms with Crippen molar-refractivity contribution in [2.75, 3.05) is 11.9 Å². The number of furan rings is 1. The molecule has 0 radical (unpaired) electrons. The molecular formula is C23H20N2O2. The number of hydrogen-bond acceptors (Lipinski definition) is 2. The van der Waals surface area contributed by atoms with Crippen molar-refractivity contribution < 1.29 is 9.21 Å². The summed E-state index contributed by atoms with van der Waals surface area (Å²) in [7, 11) is 1.85. The molecule has 2 atom stereocenters. The van der Waals surface area contributed by atoms with Gasteiger partial charge in [0.1, 0.15) is 5.58 Å². The van der Waals surface area contributed by atoms with Crippen LogP contribution in [0.3, 0.4) is 0 Å². The minimum absolute atomic E-state index is 0.0419. The van der Waals surface area contributed by atoms with Crippen LogP contribution in [0.25, 0.3) is 21.7 Å². The predicted molar refractivity (Wildman–Crippen MR) is 108 cm³/mol. The van der Waals surface area contributed by atoms with E-state index in [1.165, 1.54) is 0 Å². The third-order valence-corrected chi connectivity index (χ3v) is 5.65. The summed E-state index contributed by atoms with van der Waals surface area (Å²) in [4.78, 5) is 16.6. The number of carbonyl (C=O) groups is 1. The first kappa shape index (κ1) is 15.9. The first-order valence-corrected chi connectivity index (χ1v) is 9.17. The molecular weight excluding hydrogens is 336 g/mol. The highest BCUT2D eigenvalue weighted by Crippen LogP contribution is 2.41. The molecule has 27 heavy (non-hydrogen) atoms. The SMILES string of the molecule is C[C@H]1[C@@H](c2ccccc2)N(c2cc3c(ccc4ccccc43)o2)C(=O)N1C. The van der Waals surface area contributed by atoms with E-state index in [1.807, 2.05) is 49.5 Å². The fourth-order valence-corrected chi connectivity index (χ4v) is 4.10. The lowest BCUT2D eigenvalue weighted by atomic mass is 10.0. The highest BCUT2D eigenvalue weighted by molar-refractivity contribution is 6.08. The van der Waals surface area contributed by atoms with E-state index < -0.39 is 0 Å². The quantitative estimate of drug-likeness (QED) is 0.469. The lowest BCUT2D eigenvalue weighted by molar-refractivity contribution is 0.220. The zero-order valence-corrected chi connectivity index (χ0v) is 15.3. The summed E-state index contributed by atoms with van der Waals surface area (Å²) >= 11 is 0. The molecule has 0 saturated carbocycles. The minimum Gasteiger partial charge on any atom is -0.440 e. The normalized spacial score (nSPS) is 20.1. The molecule has 1 aromatic heterocycles. The van der Waals surface area contributed by atoms with Crippen molar-refractivity contribution in [1.82, 2.24) is 4.90 Å². The number of hydrogen-bond donors (Lipinski definition) is 0. The molecule has 0 aliphatic carbocycles. The van der Waals surface area contributed by atoms with Gasteiger partial charge in [-0.2, -0.15) is 0 Å². The maximum atomic E-state index is 13.0. The Hall–Kier alpha value is -3.27. The second-order valence-corrected chi connectivity index (χ2v) is 7.14. The Balaban J connectivity index is 1.69. The average Bonchev–Trinajstić information content (AvgIpc) is 3.23. The van der Waals surface area contributed by atoms with Gasteiger partial charge in [0.2, 0.25) is 5.88 Å². The van der Waals surface area contributed by atoms with Gasteiger partial charge in [-0.25, -0.2) is 4.79 Å². The van der Waals surface area contributed by atoms with Gasteiger partial charge in [0, 0.05) is 18.5 Å².